The molecule has 0 radical (unpaired) electrons. The maximum atomic E-state index is 12.3. The first kappa shape index (κ1) is 17.7. The summed E-state index contributed by atoms with van der Waals surface area (Å²) in [5, 5.41) is 2.94. The van der Waals surface area contributed by atoms with E-state index in [1.807, 2.05) is 68.4 Å². The van der Waals surface area contributed by atoms with Crippen LogP contribution in [0.3, 0.4) is 0 Å². The predicted molar refractivity (Wildman–Crippen MR) is 105 cm³/mol. The van der Waals surface area contributed by atoms with Crippen LogP contribution in [0.25, 0.3) is 0 Å². The third kappa shape index (κ3) is 4.96. The van der Waals surface area contributed by atoms with E-state index in [0.29, 0.717) is 13.0 Å². The van der Waals surface area contributed by atoms with Gasteiger partial charge in [-0.05, 0) is 54.8 Å². The quantitative estimate of drug-likeness (QED) is 0.678. The van der Waals surface area contributed by atoms with Crippen molar-refractivity contribution >= 4 is 11.6 Å². The Morgan fingerprint density at radius 1 is 0.923 bits per heavy atom. The molecule has 0 saturated carbocycles. The van der Waals surface area contributed by atoms with Gasteiger partial charge in [0, 0.05) is 5.69 Å². The lowest BCUT2D eigenvalue weighted by molar-refractivity contribution is -0.115. The van der Waals surface area contributed by atoms with Gasteiger partial charge in [-0.1, -0.05) is 54.1 Å². The monoisotopic (exact) mass is 345 g/mol. The second-order valence-corrected chi connectivity index (χ2v) is 6.45. The summed E-state index contributed by atoms with van der Waals surface area (Å²) in [5.74, 6) is 0.762. The highest BCUT2D eigenvalue weighted by atomic mass is 16.5. The molecule has 1 amide bonds. The summed E-state index contributed by atoms with van der Waals surface area (Å²) in [6, 6.07) is 23.7. The van der Waals surface area contributed by atoms with Crippen molar-refractivity contribution < 1.29 is 9.53 Å². The molecule has 3 aromatic rings. The molecule has 0 fully saturated rings. The lowest BCUT2D eigenvalue weighted by Gasteiger charge is -2.10. The molecular weight excluding hydrogens is 322 g/mol. The molecule has 0 saturated heterocycles. The second kappa shape index (κ2) is 8.34. The molecule has 3 aromatic carbocycles. The Kier molecular flexibility index (Phi) is 5.69. The highest BCUT2D eigenvalue weighted by Gasteiger charge is 2.07. The zero-order valence-electron chi connectivity index (χ0n) is 15.2. The van der Waals surface area contributed by atoms with Gasteiger partial charge in [0.25, 0.3) is 0 Å². The number of benzene rings is 3. The summed E-state index contributed by atoms with van der Waals surface area (Å²) >= 11 is 0. The summed E-state index contributed by atoms with van der Waals surface area (Å²) in [6.07, 6.45) is 0.375. The van der Waals surface area contributed by atoms with Crippen molar-refractivity contribution in [3.05, 3.63) is 95.1 Å². The SMILES string of the molecule is Cc1ccc(C)c(CC(=O)Nc2ccc(OCc3ccccc3)cc2)c1. The third-order valence-electron chi connectivity index (χ3n) is 4.24. The largest absolute Gasteiger partial charge is 0.489 e. The highest BCUT2D eigenvalue weighted by molar-refractivity contribution is 5.92. The average Bonchev–Trinajstić information content (AvgIpc) is 2.65. The molecule has 0 aliphatic rings. The van der Waals surface area contributed by atoms with Crippen LogP contribution in [0.4, 0.5) is 5.69 Å². The zero-order valence-corrected chi connectivity index (χ0v) is 15.2. The second-order valence-electron chi connectivity index (χ2n) is 6.45. The Labute approximate surface area is 154 Å². The standard InChI is InChI=1S/C23H23NO2/c1-17-8-9-18(2)20(14-17)15-23(25)24-21-10-12-22(13-11-21)26-16-19-6-4-3-5-7-19/h3-14H,15-16H2,1-2H3,(H,24,25). The van der Waals surface area contributed by atoms with Crippen molar-refractivity contribution in [1.29, 1.82) is 0 Å². The molecule has 0 aromatic heterocycles. The van der Waals surface area contributed by atoms with Gasteiger partial charge in [-0.2, -0.15) is 0 Å². The molecule has 3 nitrogen and oxygen atoms in total. The van der Waals surface area contributed by atoms with Crippen molar-refractivity contribution in [3.8, 4) is 5.75 Å². The van der Waals surface area contributed by atoms with Gasteiger partial charge in [-0.15, -0.1) is 0 Å². The molecular formula is C23H23NO2. The Morgan fingerprint density at radius 3 is 2.38 bits per heavy atom. The number of nitrogens with one attached hydrogen (secondary N) is 1. The van der Waals surface area contributed by atoms with E-state index >= 15 is 0 Å². The van der Waals surface area contributed by atoms with Gasteiger partial charge in [0.1, 0.15) is 12.4 Å². The van der Waals surface area contributed by atoms with E-state index in [1.54, 1.807) is 0 Å². The summed E-state index contributed by atoms with van der Waals surface area (Å²) in [5.41, 5.74) is 5.25. The smallest absolute Gasteiger partial charge is 0.228 e. The molecule has 1 N–H and O–H groups in total. The van der Waals surface area contributed by atoms with Crippen LogP contribution in [0, 0.1) is 13.8 Å². The van der Waals surface area contributed by atoms with Crippen LogP contribution in [0.5, 0.6) is 5.75 Å². The van der Waals surface area contributed by atoms with Crippen LogP contribution in [0.2, 0.25) is 0 Å². The number of ether oxygens (including phenoxy) is 1. The minimum atomic E-state index is -0.0170. The Balaban J connectivity index is 1.55. The summed E-state index contributed by atoms with van der Waals surface area (Å²) in [4.78, 5) is 12.3. The predicted octanol–water partition coefficient (Wildman–Crippen LogP) is 5.06. The van der Waals surface area contributed by atoms with Crippen LogP contribution in [-0.2, 0) is 17.8 Å². The van der Waals surface area contributed by atoms with Crippen molar-refractivity contribution in [2.24, 2.45) is 0 Å². The maximum absolute atomic E-state index is 12.3. The first-order valence-corrected chi connectivity index (χ1v) is 8.73. The fraction of sp³-hybridized carbons (Fsp3) is 0.174. The number of carbonyl (C=O) groups excluding carboxylic acids is 1. The van der Waals surface area contributed by atoms with Crippen LogP contribution < -0.4 is 10.1 Å². The fourth-order valence-electron chi connectivity index (χ4n) is 2.74. The minimum Gasteiger partial charge on any atom is -0.489 e. The van der Waals surface area contributed by atoms with Crippen molar-refractivity contribution in [2.45, 2.75) is 26.9 Å². The van der Waals surface area contributed by atoms with Crippen LogP contribution in [0.15, 0.2) is 72.8 Å². The van der Waals surface area contributed by atoms with Crippen LogP contribution in [-0.4, -0.2) is 5.91 Å². The summed E-state index contributed by atoms with van der Waals surface area (Å²) in [7, 11) is 0. The van der Waals surface area contributed by atoms with Crippen molar-refractivity contribution in [3.63, 3.8) is 0 Å². The molecule has 132 valence electrons. The number of hydrogen-bond donors (Lipinski definition) is 1. The van der Waals surface area contributed by atoms with Crippen molar-refractivity contribution in [2.75, 3.05) is 5.32 Å². The Hall–Kier alpha value is -3.07. The minimum absolute atomic E-state index is 0.0170. The lowest BCUT2D eigenvalue weighted by atomic mass is 10.0. The number of carbonyl (C=O) groups is 1. The topological polar surface area (TPSA) is 38.3 Å². The summed E-state index contributed by atoms with van der Waals surface area (Å²) < 4.78 is 5.76. The van der Waals surface area contributed by atoms with E-state index in [2.05, 4.69) is 23.5 Å². The zero-order chi connectivity index (χ0) is 18.4. The van der Waals surface area contributed by atoms with E-state index in [0.717, 1.165) is 28.1 Å². The normalized spacial score (nSPS) is 10.4. The number of anilines is 1. The average molecular weight is 345 g/mol. The molecule has 0 atom stereocenters. The lowest BCUT2D eigenvalue weighted by Crippen LogP contribution is -2.15. The molecule has 26 heavy (non-hydrogen) atoms. The third-order valence-corrected chi connectivity index (χ3v) is 4.24. The molecule has 3 heteroatoms. The molecule has 0 bridgehead atoms. The van der Waals surface area contributed by atoms with E-state index in [4.69, 9.17) is 4.74 Å². The Morgan fingerprint density at radius 2 is 1.65 bits per heavy atom. The number of rotatable bonds is 6. The first-order chi connectivity index (χ1) is 12.6. The van der Waals surface area contributed by atoms with E-state index in [9.17, 15) is 4.79 Å². The molecule has 0 aliphatic heterocycles. The van der Waals surface area contributed by atoms with Gasteiger partial charge in [0.05, 0.1) is 6.42 Å². The van der Waals surface area contributed by atoms with Gasteiger partial charge in [-0.25, -0.2) is 0 Å². The first-order valence-electron chi connectivity index (χ1n) is 8.73. The van der Waals surface area contributed by atoms with Crippen LogP contribution in [0.1, 0.15) is 22.3 Å². The van der Waals surface area contributed by atoms with E-state index in [1.165, 1.54) is 5.56 Å². The maximum Gasteiger partial charge on any atom is 0.228 e. The number of aryl methyl sites for hydroxylation is 2. The molecule has 3 rings (SSSR count). The van der Waals surface area contributed by atoms with Crippen molar-refractivity contribution in [1.82, 2.24) is 0 Å². The Bertz CT molecular complexity index is 870. The fourth-order valence-corrected chi connectivity index (χ4v) is 2.74. The highest BCUT2D eigenvalue weighted by Crippen LogP contribution is 2.18. The van der Waals surface area contributed by atoms with E-state index < -0.39 is 0 Å². The van der Waals surface area contributed by atoms with Gasteiger partial charge in [0.15, 0.2) is 0 Å². The number of hydrogen-bond acceptors (Lipinski definition) is 2. The summed E-state index contributed by atoms with van der Waals surface area (Å²) in [6.45, 7) is 4.59. The van der Waals surface area contributed by atoms with E-state index in [-0.39, 0.29) is 5.91 Å². The number of amides is 1. The molecule has 0 heterocycles. The van der Waals surface area contributed by atoms with Gasteiger partial charge in [-0.3, -0.25) is 4.79 Å². The van der Waals surface area contributed by atoms with Crippen LogP contribution >= 0.6 is 0 Å². The van der Waals surface area contributed by atoms with Gasteiger partial charge < -0.3 is 10.1 Å². The molecule has 0 unspecified atom stereocenters. The van der Waals surface area contributed by atoms with Gasteiger partial charge >= 0.3 is 0 Å². The van der Waals surface area contributed by atoms with Gasteiger partial charge in [0.2, 0.25) is 5.91 Å². The molecule has 0 spiro atoms. The molecule has 0 aliphatic carbocycles.